The summed E-state index contributed by atoms with van der Waals surface area (Å²) in [5.41, 5.74) is 9.91. The highest BCUT2D eigenvalue weighted by Gasteiger charge is 2.17. The molecule has 0 saturated heterocycles. The highest BCUT2D eigenvalue weighted by molar-refractivity contribution is 6.31. The number of halogens is 1. The van der Waals surface area contributed by atoms with Crippen LogP contribution in [0.1, 0.15) is 17.3 Å². The van der Waals surface area contributed by atoms with Crippen molar-refractivity contribution in [2.45, 2.75) is 13.5 Å². The summed E-state index contributed by atoms with van der Waals surface area (Å²) in [5, 5.41) is 2.37. The summed E-state index contributed by atoms with van der Waals surface area (Å²) in [6.07, 6.45) is 0. The number of nitrogen functional groups attached to an aromatic ring is 2. The van der Waals surface area contributed by atoms with Crippen LogP contribution in [-0.4, -0.2) is 15.5 Å². The fourth-order valence-electron chi connectivity index (χ4n) is 2.57. The molecule has 0 aliphatic rings. The second-order valence-electron chi connectivity index (χ2n) is 4.67. The predicted octanol–water partition coefficient (Wildman–Crippen LogP) is 2.05. The largest absolute Gasteiger partial charge is 0.383 e. The van der Waals surface area contributed by atoms with E-state index in [2.05, 4.69) is 10.4 Å². The molecule has 0 unspecified atom stereocenters. The number of amides is 1. The van der Waals surface area contributed by atoms with Gasteiger partial charge in [-0.25, -0.2) is 10.8 Å². The topological polar surface area (TPSA) is 99.0 Å². The molecule has 3 rings (SSSR count). The van der Waals surface area contributed by atoms with Gasteiger partial charge in [-0.2, -0.15) is 0 Å². The van der Waals surface area contributed by atoms with Crippen LogP contribution in [0.4, 0.5) is 5.82 Å². The van der Waals surface area contributed by atoms with Crippen molar-refractivity contribution in [3.05, 3.63) is 34.9 Å². The van der Waals surface area contributed by atoms with Gasteiger partial charge in [-0.3, -0.25) is 10.2 Å². The van der Waals surface area contributed by atoms with Gasteiger partial charge in [0.1, 0.15) is 11.5 Å². The number of nitrogens with two attached hydrogens (primary N) is 2. The normalized spacial score (nSPS) is 11.2. The number of pyridine rings is 1. The van der Waals surface area contributed by atoms with Crippen molar-refractivity contribution >= 4 is 45.3 Å². The number of anilines is 1. The Morgan fingerprint density at radius 2 is 2.14 bits per heavy atom. The van der Waals surface area contributed by atoms with Gasteiger partial charge < -0.3 is 10.3 Å². The zero-order valence-electron chi connectivity index (χ0n) is 11.4. The van der Waals surface area contributed by atoms with Crippen molar-refractivity contribution in [2.75, 3.05) is 5.73 Å². The summed E-state index contributed by atoms with van der Waals surface area (Å²) < 4.78 is 2.03. The summed E-state index contributed by atoms with van der Waals surface area (Å²) in [7, 11) is 0. The van der Waals surface area contributed by atoms with E-state index in [1.165, 1.54) is 0 Å². The summed E-state index contributed by atoms with van der Waals surface area (Å²) in [6.45, 7) is 2.75. The molecule has 0 atom stereocenters. The number of fused-ring (bicyclic) bond motifs is 3. The minimum Gasteiger partial charge on any atom is -0.383 e. The molecule has 21 heavy (non-hydrogen) atoms. The molecule has 0 fully saturated rings. The number of rotatable bonds is 2. The summed E-state index contributed by atoms with van der Waals surface area (Å²) in [6, 6.07) is 7.31. The lowest BCUT2D eigenvalue weighted by Crippen LogP contribution is -2.30. The minimum absolute atomic E-state index is 0.147. The molecule has 108 valence electrons. The molecule has 0 saturated carbocycles. The van der Waals surface area contributed by atoms with Crippen molar-refractivity contribution in [3.63, 3.8) is 0 Å². The molecule has 6 nitrogen and oxygen atoms in total. The van der Waals surface area contributed by atoms with E-state index in [4.69, 9.17) is 23.2 Å². The van der Waals surface area contributed by atoms with E-state index in [1.54, 1.807) is 6.07 Å². The first kappa shape index (κ1) is 13.7. The van der Waals surface area contributed by atoms with Gasteiger partial charge in [0.25, 0.3) is 5.91 Å². The van der Waals surface area contributed by atoms with Crippen LogP contribution in [0, 0.1) is 0 Å². The van der Waals surface area contributed by atoms with E-state index in [0.717, 1.165) is 28.5 Å². The second kappa shape index (κ2) is 4.91. The number of carbonyl (C=O) groups is 1. The van der Waals surface area contributed by atoms with Crippen LogP contribution in [0.2, 0.25) is 5.02 Å². The highest BCUT2D eigenvalue weighted by atomic mass is 35.5. The SMILES string of the molecule is CCn1c2ccc(Cl)cc2c2cc(C(=O)NN)c(N)nc21. The molecule has 2 aromatic heterocycles. The first-order valence-electron chi connectivity index (χ1n) is 6.45. The summed E-state index contributed by atoms with van der Waals surface area (Å²) in [4.78, 5) is 16.1. The lowest BCUT2D eigenvalue weighted by atomic mass is 10.1. The maximum atomic E-state index is 11.8. The molecule has 0 radical (unpaired) electrons. The molecular weight excluding hydrogens is 290 g/mol. The van der Waals surface area contributed by atoms with Gasteiger partial charge in [0.15, 0.2) is 0 Å². The number of hydrogen-bond acceptors (Lipinski definition) is 4. The molecule has 0 spiro atoms. The molecule has 1 aromatic carbocycles. The first-order chi connectivity index (χ1) is 10.1. The van der Waals surface area contributed by atoms with Gasteiger partial charge in [0, 0.05) is 22.3 Å². The minimum atomic E-state index is -0.471. The van der Waals surface area contributed by atoms with E-state index in [1.807, 2.05) is 29.7 Å². The van der Waals surface area contributed by atoms with E-state index < -0.39 is 5.91 Å². The van der Waals surface area contributed by atoms with E-state index in [0.29, 0.717) is 5.02 Å². The average Bonchev–Trinajstić information content (AvgIpc) is 2.77. The number of benzene rings is 1. The summed E-state index contributed by atoms with van der Waals surface area (Å²) in [5.74, 6) is 4.85. The molecular formula is C14H14ClN5O. The maximum absolute atomic E-state index is 11.8. The third-order valence-electron chi connectivity index (χ3n) is 3.52. The zero-order valence-corrected chi connectivity index (χ0v) is 12.1. The number of hydrazine groups is 1. The molecule has 1 amide bonds. The third-order valence-corrected chi connectivity index (χ3v) is 3.75. The molecule has 7 heteroatoms. The van der Waals surface area contributed by atoms with Gasteiger partial charge in [-0.15, -0.1) is 0 Å². The lowest BCUT2D eigenvalue weighted by molar-refractivity contribution is 0.0954. The number of carbonyl (C=O) groups excluding carboxylic acids is 1. The van der Waals surface area contributed by atoms with Crippen LogP contribution in [-0.2, 0) is 6.54 Å². The Bertz CT molecular complexity index is 871. The highest BCUT2D eigenvalue weighted by Crippen LogP contribution is 2.31. The molecule has 5 N–H and O–H groups in total. The van der Waals surface area contributed by atoms with Crippen LogP contribution in [0.15, 0.2) is 24.3 Å². The second-order valence-corrected chi connectivity index (χ2v) is 5.11. The molecule has 0 aliphatic carbocycles. The van der Waals surface area contributed by atoms with E-state index >= 15 is 0 Å². The fraction of sp³-hybridized carbons (Fsp3) is 0.143. The van der Waals surface area contributed by atoms with Crippen molar-refractivity contribution in [3.8, 4) is 0 Å². The van der Waals surface area contributed by atoms with Gasteiger partial charge in [0.05, 0.1) is 11.1 Å². The van der Waals surface area contributed by atoms with Crippen LogP contribution in [0.3, 0.4) is 0 Å². The summed E-state index contributed by atoms with van der Waals surface area (Å²) >= 11 is 6.08. The number of hydrogen-bond donors (Lipinski definition) is 3. The van der Waals surface area contributed by atoms with Crippen molar-refractivity contribution in [1.82, 2.24) is 15.0 Å². The fourth-order valence-corrected chi connectivity index (χ4v) is 2.75. The van der Waals surface area contributed by atoms with Crippen molar-refractivity contribution in [2.24, 2.45) is 5.84 Å². The van der Waals surface area contributed by atoms with E-state index in [9.17, 15) is 4.79 Å². The van der Waals surface area contributed by atoms with Gasteiger partial charge in [-0.05, 0) is 31.2 Å². The van der Waals surface area contributed by atoms with Crippen molar-refractivity contribution < 1.29 is 4.79 Å². The van der Waals surface area contributed by atoms with E-state index in [-0.39, 0.29) is 11.4 Å². The van der Waals surface area contributed by atoms with Crippen LogP contribution in [0.25, 0.3) is 21.9 Å². The number of nitrogens with one attached hydrogen (secondary N) is 1. The zero-order chi connectivity index (χ0) is 15.1. The monoisotopic (exact) mass is 303 g/mol. The number of aromatic nitrogens is 2. The lowest BCUT2D eigenvalue weighted by Gasteiger charge is -2.05. The Kier molecular flexibility index (Phi) is 3.19. The van der Waals surface area contributed by atoms with Gasteiger partial charge in [-0.1, -0.05) is 11.6 Å². The first-order valence-corrected chi connectivity index (χ1v) is 6.83. The maximum Gasteiger partial charge on any atom is 0.268 e. The smallest absolute Gasteiger partial charge is 0.268 e. The molecule has 0 bridgehead atoms. The Morgan fingerprint density at radius 3 is 2.81 bits per heavy atom. The average molecular weight is 304 g/mol. The number of nitrogens with zero attached hydrogens (tertiary/aromatic N) is 2. The Hall–Kier alpha value is -2.31. The standard InChI is InChI=1S/C14H14ClN5O/c1-2-20-11-4-3-7(15)5-8(11)9-6-10(14(21)19-17)12(16)18-13(9)20/h3-6H,2,17H2,1H3,(H2,16,18)(H,19,21). The molecule has 0 aliphatic heterocycles. The van der Waals surface area contributed by atoms with Crippen molar-refractivity contribution in [1.29, 1.82) is 0 Å². The molecule has 3 aromatic rings. The quantitative estimate of drug-likeness (QED) is 0.383. The van der Waals surface area contributed by atoms with Crippen LogP contribution in [0.5, 0.6) is 0 Å². The Balaban J connectivity index is 2.46. The Labute approximate surface area is 125 Å². The molecule has 2 heterocycles. The third kappa shape index (κ3) is 2.00. The van der Waals surface area contributed by atoms with Crippen LogP contribution < -0.4 is 17.0 Å². The van der Waals surface area contributed by atoms with Crippen LogP contribution >= 0.6 is 11.6 Å². The number of aryl methyl sites for hydroxylation is 1. The van der Waals surface area contributed by atoms with Gasteiger partial charge in [0.2, 0.25) is 0 Å². The predicted molar refractivity (Wildman–Crippen MR) is 84.0 cm³/mol. The Morgan fingerprint density at radius 1 is 1.38 bits per heavy atom. The van der Waals surface area contributed by atoms with Gasteiger partial charge >= 0.3 is 0 Å².